The lowest BCUT2D eigenvalue weighted by atomic mass is 9.96. The fourth-order valence-corrected chi connectivity index (χ4v) is 3.83. The van der Waals surface area contributed by atoms with Crippen LogP contribution >= 0.6 is 0 Å². The summed E-state index contributed by atoms with van der Waals surface area (Å²) in [6.07, 6.45) is 6.65. The minimum absolute atomic E-state index is 0.749. The van der Waals surface area contributed by atoms with E-state index in [1.807, 2.05) is 0 Å². The van der Waals surface area contributed by atoms with Crippen LogP contribution in [0.1, 0.15) is 44.6 Å². The molecule has 2 nitrogen and oxygen atoms in total. The largest absolute Gasteiger partial charge is 0.365 e. The molecule has 2 aliphatic rings. The summed E-state index contributed by atoms with van der Waals surface area (Å²) in [6.45, 7) is 5.59. The average molecular weight is 258 g/mol. The van der Waals surface area contributed by atoms with Gasteiger partial charge < -0.3 is 10.2 Å². The quantitative estimate of drug-likeness (QED) is 0.889. The molecule has 19 heavy (non-hydrogen) atoms. The Kier molecular flexibility index (Phi) is 3.79. The van der Waals surface area contributed by atoms with Gasteiger partial charge in [0.2, 0.25) is 0 Å². The maximum Gasteiger partial charge on any atom is 0.0371 e. The number of piperidine rings is 1. The Bertz CT molecular complexity index is 398. The SMILES string of the molecule is CCCNC1CC2CCC(C1)N2c1ccc(C)cc1. The molecule has 2 fully saturated rings. The van der Waals surface area contributed by atoms with Crippen molar-refractivity contribution in [2.75, 3.05) is 11.4 Å². The average Bonchev–Trinajstić information content (AvgIpc) is 2.69. The molecule has 0 radical (unpaired) electrons. The van der Waals surface area contributed by atoms with Gasteiger partial charge in [-0.05, 0) is 57.7 Å². The number of benzene rings is 1. The van der Waals surface area contributed by atoms with Crippen LogP contribution in [0.3, 0.4) is 0 Å². The number of fused-ring (bicyclic) bond motifs is 2. The van der Waals surface area contributed by atoms with E-state index in [9.17, 15) is 0 Å². The Labute approximate surface area is 117 Å². The third-order valence-corrected chi connectivity index (χ3v) is 4.75. The van der Waals surface area contributed by atoms with Gasteiger partial charge in [-0.15, -0.1) is 0 Å². The zero-order valence-electron chi connectivity index (χ0n) is 12.2. The van der Waals surface area contributed by atoms with Gasteiger partial charge in [0.05, 0.1) is 0 Å². The first kappa shape index (κ1) is 13.0. The van der Waals surface area contributed by atoms with Gasteiger partial charge in [-0.1, -0.05) is 24.6 Å². The van der Waals surface area contributed by atoms with E-state index < -0.39 is 0 Å². The minimum Gasteiger partial charge on any atom is -0.365 e. The van der Waals surface area contributed by atoms with E-state index in [-0.39, 0.29) is 0 Å². The van der Waals surface area contributed by atoms with E-state index in [1.165, 1.54) is 49.9 Å². The van der Waals surface area contributed by atoms with Crippen LogP contribution < -0.4 is 10.2 Å². The van der Waals surface area contributed by atoms with Crippen molar-refractivity contribution in [2.45, 2.75) is 64.1 Å². The van der Waals surface area contributed by atoms with Crippen LogP contribution in [0.5, 0.6) is 0 Å². The molecule has 0 amide bonds. The molecule has 0 saturated carbocycles. The highest BCUT2D eigenvalue weighted by Crippen LogP contribution is 2.39. The molecule has 2 saturated heterocycles. The van der Waals surface area contributed by atoms with Gasteiger partial charge in [-0.25, -0.2) is 0 Å². The molecule has 1 aromatic carbocycles. The second kappa shape index (κ2) is 5.54. The highest BCUT2D eigenvalue weighted by atomic mass is 15.2. The Hall–Kier alpha value is -1.02. The minimum atomic E-state index is 0.749. The van der Waals surface area contributed by atoms with E-state index in [1.54, 1.807) is 0 Å². The molecule has 2 heteroatoms. The van der Waals surface area contributed by atoms with Gasteiger partial charge in [0.1, 0.15) is 0 Å². The lowest BCUT2D eigenvalue weighted by Gasteiger charge is -2.41. The van der Waals surface area contributed by atoms with Crippen LogP contribution in [0.25, 0.3) is 0 Å². The van der Waals surface area contributed by atoms with E-state index in [4.69, 9.17) is 0 Å². The van der Waals surface area contributed by atoms with Crippen LogP contribution in [-0.2, 0) is 0 Å². The Morgan fingerprint density at radius 3 is 2.32 bits per heavy atom. The first-order valence-electron chi connectivity index (χ1n) is 7.86. The van der Waals surface area contributed by atoms with Crippen LogP contribution in [0, 0.1) is 6.92 Å². The van der Waals surface area contributed by atoms with Crippen molar-refractivity contribution in [1.82, 2.24) is 5.32 Å². The number of aryl methyl sites for hydroxylation is 1. The summed E-state index contributed by atoms with van der Waals surface area (Å²) in [5.41, 5.74) is 2.79. The Balaban J connectivity index is 1.71. The molecule has 3 rings (SSSR count). The normalized spacial score (nSPS) is 29.8. The maximum atomic E-state index is 3.73. The van der Waals surface area contributed by atoms with Gasteiger partial charge in [-0.2, -0.15) is 0 Å². The Morgan fingerprint density at radius 2 is 1.74 bits per heavy atom. The number of anilines is 1. The molecule has 2 unspecified atom stereocenters. The first-order chi connectivity index (χ1) is 9.28. The fraction of sp³-hybridized carbons (Fsp3) is 0.647. The molecule has 2 aliphatic heterocycles. The molecule has 2 atom stereocenters. The molecule has 1 aromatic rings. The van der Waals surface area contributed by atoms with Crippen LogP contribution in [0.15, 0.2) is 24.3 Å². The first-order valence-corrected chi connectivity index (χ1v) is 7.86. The highest BCUT2D eigenvalue weighted by molar-refractivity contribution is 5.51. The summed E-state index contributed by atoms with van der Waals surface area (Å²) in [6, 6.07) is 11.4. The predicted molar refractivity (Wildman–Crippen MR) is 81.8 cm³/mol. The topological polar surface area (TPSA) is 15.3 Å². The molecule has 2 bridgehead atoms. The van der Waals surface area contributed by atoms with Crippen molar-refractivity contribution in [3.8, 4) is 0 Å². The highest BCUT2D eigenvalue weighted by Gasteiger charge is 2.40. The lowest BCUT2D eigenvalue weighted by Crippen LogP contribution is -2.49. The smallest absolute Gasteiger partial charge is 0.0371 e. The van der Waals surface area contributed by atoms with Crippen molar-refractivity contribution in [3.05, 3.63) is 29.8 Å². The number of nitrogens with zero attached hydrogens (tertiary/aromatic N) is 1. The summed E-state index contributed by atoms with van der Waals surface area (Å²) in [4.78, 5) is 2.70. The zero-order valence-corrected chi connectivity index (χ0v) is 12.2. The number of hydrogen-bond acceptors (Lipinski definition) is 2. The number of rotatable bonds is 4. The molecule has 0 aromatic heterocycles. The summed E-state index contributed by atoms with van der Waals surface area (Å²) in [7, 11) is 0. The third-order valence-electron chi connectivity index (χ3n) is 4.75. The summed E-state index contributed by atoms with van der Waals surface area (Å²) in [5, 5.41) is 3.73. The van der Waals surface area contributed by atoms with Gasteiger partial charge in [0, 0.05) is 23.8 Å². The zero-order chi connectivity index (χ0) is 13.2. The van der Waals surface area contributed by atoms with Crippen LogP contribution in [0.4, 0.5) is 5.69 Å². The third kappa shape index (κ3) is 2.64. The molecule has 0 aliphatic carbocycles. The molecule has 1 N–H and O–H groups in total. The molecule has 104 valence electrons. The number of nitrogens with one attached hydrogen (secondary N) is 1. The molecule has 0 spiro atoms. The standard InChI is InChI=1S/C17H26N2/c1-3-10-18-14-11-16-8-9-17(12-14)19(16)15-6-4-13(2)5-7-15/h4-7,14,16-18H,3,8-12H2,1-2H3. The summed E-state index contributed by atoms with van der Waals surface area (Å²) in [5.74, 6) is 0. The van der Waals surface area contributed by atoms with E-state index in [0.29, 0.717) is 0 Å². The predicted octanol–water partition coefficient (Wildman–Crippen LogP) is 3.49. The molecule has 2 heterocycles. The van der Waals surface area contributed by atoms with Crippen LogP contribution in [0.2, 0.25) is 0 Å². The van der Waals surface area contributed by atoms with Crippen molar-refractivity contribution >= 4 is 5.69 Å². The van der Waals surface area contributed by atoms with Crippen molar-refractivity contribution in [1.29, 1.82) is 0 Å². The van der Waals surface area contributed by atoms with Gasteiger partial charge in [0.15, 0.2) is 0 Å². The van der Waals surface area contributed by atoms with Crippen LogP contribution in [-0.4, -0.2) is 24.7 Å². The second-order valence-corrected chi connectivity index (χ2v) is 6.25. The maximum absolute atomic E-state index is 3.73. The molecular formula is C17H26N2. The monoisotopic (exact) mass is 258 g/mol. The molecular weight excluding hydrogens is 232 g/mol. The lowest BCUT2D eigenvalue weighted by molar-refractivity contribution is 0.357. The fourth-order valence-electron chi connectivity index (χ4n) is 3.83. The number of hydrogen-bond donors (Lipinski definition) is 1. The van der Waals surface area contributed by atoms with Crippen molar-refractivity contribution in [3.63, 3.8) is 0 Å². The van der Waals surface area contributed by atoms with E-state index in [0.717, 1.165) is 18.1 Å². The van der Waals surface area contributed by atoms with E-state index in [2.05, 4.69) is 48.3 Å². The Morgan fingerprint density at radius 1 is 1.11 bits per heavy atom. The summed E-state index contributed by atoms with van der Waals surface area (Å²) >= 11 is 0. The van der Waals surface area contributed by atoms with Gasteiger partial charge in [0.25, 0.3) is 0 Å². The summed E-state index contributed by atoms with van der Waals surface area (Å²) < 4.78 is 0. The van der Waals surface area contributed by atoms with Crippen molar-refractivity contribution in [2.24, 2.45) is 0 Å². The second-order valence-electron chi connectivity index (χ2n) is 6.25. The van der Waals surface area contributed by atoms with E-state index >= 15 is 0 Å². The van der Waals surface area contributed by atoms with Crippen molar-refractivity contribution < 1.29 is 0 Å². The van der Waals surface area contributed by atoms with Gasteiger partial charge >= 0.3 is 0 Å². The van der Waals surface area contributed by atoms with Gasteiger partial charge in [-0.3, -0.25) is 0 Å².